The van der Waals surface area contributed by atoms with Gasteiger partial charge >= 0.3 is 0 Å². The Morgan fingerprint density at radius 1 is 0.950 bits per heavy atom. The van der Waals surface area contributed by atoms with Crippen LogP contribution in [0.1, 0.15) is 47.4 Å². The summed E-state index contributed by atoms with van der Waals surface area (Å²) >= 11 is 6.29. The number of rotatable bonds is 8. The fraction of sp³-hybridized carbons (Fsp3) is 0.212. The van der Waals surface area contributed by atoms with Crippen molar-refractivity contribution in [2.75, 3.05) is 10.6 Å². The summed E-state index contributed by atoms with van der Waals surface area (Å²) in [7, 11) is 0. The molecular formula is C33H31ClN4O2. The molecule has 4 aromatic rings. The topological polar surface area (TPSA) is 83.4 Å². The normalized spacial score (nSPS) is 14.5. The van der Waals surface area contributed by atoms with E-state index in [2.05, 4.69) is 47.7 Å². The third kappa shape index (κ3) is 6.29. The van der Waals surface area contributed by atoms with Crippen LogP contribution in [0.25, 0.3) is 0 Å². The smallest absolute Gasteiger partial charge is 0.249 e. The molecule has 1 aliphatic heterocycles. The first kappa shape index (κ1) is 27.3. The molecule has 0 saturated carbocycles. The van der Waals surface area contributed by atoms with Crippen LogP contribution >= 0.6 is 11.6 Å². The van der Waals surface area contributed by atoms with Crippen molar-refractivity contribution in [1.29, 1.82) is 0 Å². The number of hydrogen-bond donors (Lipinski definition) is 2. The second-order valence-electron chi connectivity index (χ2n) is 9.81. The predicted molar refractivity (Wildman–Crippen MR) is 161 cm³/mol. The second kappa shape index (κ2) is 12.3. The predicted octanol–water partition coefficient (Wildman–Crippen LogP) is 6.44. The molecule has 0 fully saturated rings. The number of carbonyl (C=O) groups excluding carboxylic acids is 2. The maximum Gasteiger partial charge on any atom is 0.249 e. The molecule has 0 bridgehead atoms. The molecule has 202 valence electrons. The summed E-state index contributed by atoms with van der Waals surface area (Å²) in [5.74, 6) is -0.316. The molecule has 40 heavy (non-hydrogen) atoms. The first-order chi connectivity index (χ1) is 19.4. The van der Waals surface area contributed by atoms with E-state index in [1.807, 2.05) is 48.5 Å². The van der Waals surface area contributed by atoms with E-state index in [4.69, 9.17) is 16.6 Å². The number of amides is 2. The van der Waals surface area contributed by atoms with Crippen molar-refractivity contribution in [3.05, 3.63) is 124 Å². The number of aromatic nitrogens is 1. The minimum Gasteiger partial charge on any atom is -0.326 e. The SMILES string of the molecule is CCc1ccc(CC2N=C(c3ccc(NC(=O)Cc4ccccn4)cc3)c3ccc(Cl)cc3NC2=O)cc1CC. The van der Waals surface area contributed by atoms with Gasteiger partial charge in [-0.1, -0.05) is 61.8 Å². The molecule has 1 aromatic heterocycles. The van der Waals surface area contributed by atoms with Crippen molar-refractivity contribution in [2.45, 2.75) is 45.6 Å². The molecule has 7 heteroatoms. The van der Waals surface area contributed by atoms with Crippen LogP contribution in [0.2, 0.25) is 5.02 Å². The molecule has 2 heterocycles. The Balaban J connectivity index is 1.44. The minimum atomic E-state index is -0.615. The number of pyridine rings is 1. The summed E-state index contributed by atoms with van der Waals surface area (Å²) in [4.78, 5) is 35.1. The molecule has 1 unspecified atom stereocenters. The van der Waals surface area contributed by atoms with Gasteiger partial charge in [-0.2, -0.15) is 0 Å². The zero-order valence-corrected chi connectivity index (χ0v) is 23.3. The molecule has 0 radical (unpaired) electrons. The van der Waals surface area contributed by atoms with Gasteiger partial charge in [0, 0.05) is 40.1 Å². The monoisotopic (exact) mass is 550 g/mol. The van der Waals surface area contributed by atoms with E-state index in [0.29, 0.717) is 34.2 Å². The highest BCUT2D eigenvalue weighted by Gasteiger charge is 2.26. The average molecular weight is 551 g/mol. The first-order valence-corrected chi connectivity index (χ1v) is 13.9. The lowest BCUT2D eigenvalue weighted by molar-refractivity contribution is -0.117. The quantitative estimate of drug-likeness (QED) is 0.265. The lowest BCUT2D eigenvalue weighted by atomic mass is 9.96. The van der Waals surface area contributed by atoms with Crippen molar-refractivity contribution >= 4 is 40.5 Å². The van der Waals surface area contributed by atoms with Crippen LogP contribution in [-0.4, -0.2) is 28.6 Å². The van der Waals surface area contributed by atoms with Crippen LogP contribution in [0.15, 0.2) is 90.1 Å². The van der Waals surface area contributed by atoms with E-state index < -0.39 is 6.04 Å². The van der Waals surface area contributed by atoms with Gasteiger partial charge in [0.1, 0.15) is 6.04 Å². The number of carbonyl (C=O) groups is 2. The Kier molecular flexibility index (Phi) is 8.37. The summed E-state index contributed by atoms with van der Waals surface area (Å²) in [6.45, 7) is 4.31. The number of anilines is 2. The lowest BCUT2D eigenvalue weighted by Gasteiger charge is -2.14. The molecule has 1 atom stereocenters. The van der Waals surface area contributed by atoms with Gasteiger partial charge < -0.3 is 10.6 Å². The highest BCUT2D eigenvalue weighted by Crippen LogP contribution is 2.29. The molecular weight excluding hydrogens is 520 g/mol. The molecule has 1 aliphatic rings. The number of hydrogen-bond acceptors (Lipinski definition) is 4. The molecule has 0 spiro atoms. The third-order valence-corrected chi connectivity index (χ3v) is 7.29. The summed E-state index contributed by atoms with van der Waals surface area (Å²) in [5, 5.41) is 6.50. The highest BCUT2D eigenvalue weighted by molar-refractivity contribution is 6.31. The maximum absolute atomic E-state index is 13.4. The van der Waals surface area contributed by atoms with E-state index in [1.165, 1.54) is 11.1 Å². The molecule has 3 aromatic carbocycles. The van der Waals surface area contributed by atoms with Gasteiger partial charge in [0.2, 0.25) is 11.8 Å². The van der Waals surface area contributed by atoms with Gasteiger partial charge in [0.15, 0.2) is 0 Å². The number of benzene rings is 3. The third-order valence-electron chi connectivity index (χ3n) is 7.05. The van der Waals surface area contributed by atoms with Crippen LogP contribution in [0.5, 0.6) is 0 Å². The van der Waals surface area contributed by atoms with E-state index in [-0.39, 0.29) is 18.2 Å². The lowest BCUT2D eigenvalue weighted by Crippen LogP contribution is -2.27. The number of halogens is 1. The molecule has 0 aliphatic carbocycles. The number of aliphatic imine (C=N–C) groups is 1. The number of nitrogens with zero attached hydrogens (tertiary/aromatic N) is 2. The van der Waals surface area contributed by atoms with E-state index in [1.54, 1.807) is 18.3 Å². The van der Waals surface area contributed by atoms with E-state index >= 15 is 0 Å². The number of aryl methyl sites for hydroxylation is 2. The zero-order valence-electron chi connectivity index (χ0n) is 22.6. The van der Waals surface area contributed by atoms with E-state index in [9.17, 15) is 9.59 Å². The van der Waals surface area contributed by atoms with Gasteiger partial charge in [-0.3, -0.25) is 19.6 Å². The molecule has 6 nitrogen and oxygen atoms in total. The van der Waals surface area contributed by atoms with Crippen molar-refractivity contribution in [1.82, 2.24) is 4.98 Å². The fourth-order valence-corrected chi connectivity index (χ4v) is 5.15. The summed E-state index contributed by atoms with van der Waals surface area (Å²) < 4.78 is 0. The van der Waals surface area contributed by atoms with Crippen LogP contribution < -0.4 is 10.6 Å². The molecule has 0 saturated heterocycles. The largest absolute Gasteiger partial charge is 0.326 e. The Labute approximate surface area is 239 Å². The Hall–Kier alpha value is -4.29. The Morgan fingerprint density at radius 2 is 1.75 bits per heavy atom. The van der Waals surface area contributed by atoms with Crippen molar-refractivity contribution in [2.24, 2.45) is 4.99 Å². The summed E-state index contributed by atoms with van der Waals surface area (Å²) in [6.07, 6.45) is 4.27. The number of nitrogens with one attached hydrogen (secondary N) is 2. The molecule has 2 amide bonds. The Morgan fingerprint density at radius 3 is 2.48 bits per heavy atom. The maximum atomic E-state index is 13.4. The van der Waals surface area contributed by atoms with E-state index in [0.717, 1.165) is 29.5 Å². The second-order valence-corrected chi connectivity index (χ2v) is 10.2. The van der Waals surface area contributed by atoms with Gasteiger partial charge in [-0.15, -0.1) is 0 Å². The number of benzodiazepines with no additional fused rings is 1. The number of fused-ring (bicyclic) bond motifs is 1. The van der Waals surface area contributed by atoms with Gasteiger partial charge in [-0.05, 0) is 72.0 Å². The Bertz CT molecular complexity index is 1570. The van der Waals surface area contributed by atoms with Crippen molar-refractivity contribution in [3.63, 3.8) is 0 Å². The van der Waals surface area contributed by atoms with Crippen LogP contribution in [0.3, 0.4) is 0 Å². The first-order valence-electron chi connectivity index (χ1n) is 13.5. The summed E-state index contributed by atoms with van der Waals surface area (Å²) in [5.41, 5.74) is 8.04. The van der Waals surface area contributed by atoms with Gasteiger partial charge in [0.05, 0.1) is 17.8 Å². The van der Waals surface area contributed by atoms with Gasteiger partial charge in [0.25, 0.3) is 0 Å². The fourth-order valence-electron chi connectivity index (χ4n) is 4.98. The van der Waals surface area contributed by atoms with Crippen molar-refractivity contribution in [3.8, 4) is 0 Å². The van der Waals surface area contributed by atoms with Crippen LogP contribution in [-0.2, 0) is 35.3 Å². The minimum absolute atomic E-state index is 0.145. The van der Waals surface area contributed by atoms with Crippen LogP contribution in [0, 0.1) is 0 Å². The van der Waals surface area contributed by atoms with Crippen molar-refractivity contribution < 1.29 is 9.59 Å². The van der Waals surface area contributed by atoms with Crippen LogP contribution in [0.4, 0.5) is 11.4 Å². The summed E-state index contributed by atoms with van der Waals surface area (Å²) in [6, 6.07) is 24.3. The average Bonchev–Trinajstić information content (AvgIpc) is 3.09. The zero-order chi connectivity index (χ0) is 28.1. The standard InChI is InChI=1S/C33H31ClN4O2/c1-3-22-9-8-21(17-23(22)4-2)18-30-33(40)38-29-19-25(34)12-15-28(29)32(37-30)24-10-13-26(14-11-24)36-31(39)20-27-7-5-6-16-35-27/h5-17,19,30H,3-4,18,20H2,1-2H3,(H,36,39)(H,38,40). The molecule has 2 N–H and O–H groups in total. The highest BCUT2D eigenvalue weighted by atomic mass is 35.5. The molecule has 5 rings (SSSR count). The van der Waals surface area contributed by atoms with Gasteiger partial charge in [-0.25, -0.2) is 0 Å².